The number of nitrogens with zero attached hydrogens (tertiary/aromatic N) is 2. The first-order chi connectivity index (χ1) is 9.42. The second kappa shape index (κ2) is 7.99. The van der Waals surface area contributed by atoms with Crippen LogP contribution in [0.25, 0.3) is 0 Å². The number of nitrogens with one attached hydrogen (secondary N) is 1. The minimum absolute atomic E-state index is 0.237. The van der Waals surface area contributed by atoms with Gasteiger partial charge in [0, 0.05) is 19.3 Å². The quantitative estimate of drug-likeness (QED) is 0.378. The van der Waals surface area contributed by atoms with Crippen molar-refractivity contribution < 1.29 is 14.4 Å². The van der Waals surface area contributed by atoms with E-state index in [1.807, 2.05) is 0 Å². The standard InChI is InChI=1S/C12H20N3O4P/c1-2-3-7-13-11-6-9-15(12(16)14-11)8-4-5-10-20(17,18)19/h4-6,9H,2-3,7-8,10H2,1H3,(H,13,14,16)(H2,17,18,19)/b5-4+. The normalized spacial score (nSPS) is 11.9. The highest BCUT2D eigenvalue weighted by Crippen LogP contribution is 2.33. The van der Waals surface area contributed by atoms with E-state index in [0.717, 1.165) is 19.4 Å². The zero-order chi connectivity index (χ0) is 15.0. The summed E-state index contributed by atoms with van der Waals surface area (Å²) in [5.74, 6) is 0.541. The minimum Gasteiger partial charge on any atom is -0.370 e. The Balaban J connectivity index is 2.56. The molecular formula is C12H20N3O4P. The van der Waals surface area contributed by atoms with Gasteiger partial charge in [0.1, 0.15) is 5.82 Å². The topological polar surface area (TPSA) is 104 Å². The number of hydrogen-bond acceptors (Lipinski definition) is 4. The molecule has 7 nitrogen and oxygen atoms in total. The molecule has 0 bridgehead atoms. The third-order valence-corrected chi connectivity index (χ3v) is 3.21. The van der Waals surface area contributed by atoms with E-state index in [4.69, 9.17) is 9.79 Å². The lowest BCUT2D eigenvalue weighted by molar-refractivity contribution is 0.377. The number of allylic oxidation sites excluding steroid dienone is 2. The van der Waals surface area contributed by atoms with Gasteiger partial charge in [-0.2, -0.15) is 4.98 Å². The molecule has 1 aromatic heterocycles. The summed E-state index contributed by atoms with van der Waals surface area (Å²) in [5, 5.41) is 3.06. The zero-order valence-electron chi connectivity index (χ0n) is 11.4. The highest BCUT2D eigenvalue weighted by atomic mass is 31.2. The Morgan fingerprint density at radius 3 is 2.80 bits per heavy atom. The summed E-state index contributed by atoms with van der Waals surface area (Å²) in [7, 11) is -4.02. The predicted octanol–water partition coefficient (Wildman–Crippen LogP) is 1.19. The van der Waals surface area contributed by atoms with Gasteiger partial charge in [0.15, 0.2) is 0 Å². The van der Waals surface area contributed by atoms with Gasteiger partial charge in [0.25, 0.3) is 0 Å². The molecule has 0 atom stereocenters. The van der Waals surface area contributed by atoms with Gasteiger partial charge in [0.2, 0.25) is 0 Å². The number of hydrogen-bond donors (Lipinski definition) is 3. The fourth-order valence-corrected chi connectivity index (χ4v) is 1.88. The van der Waals surface area contributed by atoms with E-state index in [1.54, 1.807) is 12.3 Å². The molecule has 0 aliphatic carbocycles. The van der Waals surface area contributed by atoms with Crippen LogP contribution in [0.15, 0.2) is 29.2 Å². The molecule has 1 heterocycles. The van der Waals surface area contributed by atoms with E-state index in [1.165, 1.54) is 16.7 Å². The van der Waals surface area contributed by atoms with Gasteiger partial charge in [0.05, 0.1) is 6.16 Å². The maximum atomic E-state index is 11.7. The van der Waals surface area contributed by atoms with Crippen molar-refractivity contribution in [3.05, 3.63) is 34.9 Å². The van der Waals surface area contributed by atoms with Crippen LogP contribution in [-0.2, 0) is 11.1 Å². The Bertz CT molecular complexity index is 550. The van der Waals surface area contributed by atoms with Crippen molar-refractivity contribution in [1.29, 1.82) is 0 Å². The molecule has 0 amide bonds. The summed E-state index contributed by atoms with van der Waals surface area (Å²) in [6.45, 7) is 3.09. The van der Waals surface area contributed by atoms with Gasteiger partial charge in [-0.1, -0.05) is 25.5 Å². The third kappa shape index (κ3) is 6.65. The van der Waals surface area contributed by atoms with Crippen LogP contribution in [0.1, 0.15) is 19.8 Å². The van der Waals surface area contributed by atoms with Gasteiger partial charge < -0.3 is 15.1 Å². The van der Waals surface area contributed by atoms with Crippen molar-refractivity contribution in [3.8, 4) is 0 Å². The summed E-state index contributed by atoms with van der Waals surface area (Å²) in [4.78, 5) is 32.9. The molecule has 8 heteroatoms. The lowest BCUT2D eigenvalue weighted by Gasteiger charge is -2.06. The van der Waals surface area contributed by atoms with Crippen LogP contribution in [0.5, 0.6) is 0 Å². The molecule has 20 heavy (non-hydrogen) atoms. The Morgan fingerprint density at radius 2 is 2.20 bits per heavy atom. The molecule has 0 saturated carbocycles. The van der Waals surface area contributed by atoms with E-state index < -0.39 is 13.3 Å². The minimum atomic E-state index is -4.02. The second-order valence-electron chi connectivity index (χ2n) is 4.35. The van der Waals surface area contributed by atoms with Crippen LogP contribution >= 0.6 is 7.60 Å². The first-order valence-corrected chi connectivity index (χ1v) is 8.23. The van der Waals surface area contributed by atoms with Crippen molar-refractivity contribution in [1.82, 2.24) is 9.55 Å². The molecule has 3 N–H and O–H groups in total. The molecule has 0 spiro atoms. The van der Waals surface area contributed by atoms with E-state index in [0.29, 0.717) is 5.82 Å². The van der Waals surface area contributed by atoms with E-state index in [-0.39, 0.29) is 12.7 Å². The first-order valence-electron chi connectivity index (χ1n) is 6.43. The van der Waals surface area contributed by atoms with Crippen molar-refractivity contribution in [2.75, 3.05) is 18.0 Å². The van der Waals surface area contributed by atoms with E-state index >= 15 is 0 Å². The van der Waals surface area contributed by atoms with E-state index in [9.17, 15) is 9.36 Å². The first kappa shape index (κ1) is 16.6. The van der Waals surface area contributed by atoms with Crippen LogP contribution < -0.4 is 11.0 Å². The third-order valence-electron chi connectivity index (χ3n) is 2.52. The SMILES string of the molecule is CCCCNc1ccn(C/C=C/CP(=O)(O)O)c(=O)n1. The van der Waals surface area contributed by atoms with Crippen molar-refractivity contribution in [3.63, 3.8) is 0 Å². The van der Waals surface area contributed by atoms with Gasteiger partial charge in [-0.15, -0.1) is 0 Å². The summed E-state index contributed by atoms with van der Waals surface area (Å²) in [6.07, 6.45) is 6.24. The maximum absolute atomic E-state index is 11.7. The summed E-state index contributed by atoms with van der Waals surface area (Å²) >= 11 is 0. The lowest BCUT2D eigenvalue weighted by atomic mass is 10.3. The van der Waals surface area contributed by atoms with E-state index in [2.05, 4.69) is 17.2 Å². The molecule has 1 rings (SSSR count). The summed E-state index contributed by atoms with van der Waals surface area (Å²) < 4.78 is 12.0. The molecule has 0 saturated heterocycles. The molecule has 112 valence electrons. The van der Waals surface area contributed by atoms with Crippen LogP contribution in [-0.4, -0.2) is 32.0 Å². The number of unbranched alkanes of at least 4 members (excludes halogenated alkanes) is 1. The highest BCUT2D eigenvalue weighted by Gasteiger charge is 2.08. The van der Waals surface area contributed by atoms with Gasteiger partial charge in [-0.3, -0.25) is 9.13 Å². The fraction of sp³-hybridized carbons (Fsp3) is 0.500. The Morgan fingerprint density at radius 1 is 1.45 bits per heavy atom. The van der Waals surface area contributed by atoms with Crippen molar-refractivity contribution in [2.24, 2.45) is 0 Å². The van der Waals surface area contributed by atoms with Crippen LogP contribution in [0.2, 0.25) is 0 Å². The Kier molecular flexibility index (Phi) is 6.64. The largest absolute Gasteiger partial charge is 0.370 e. The van der Waals surface area contributed by atoms with Crippen LogP contribution in [0.3, 0.4) is 0 Å². The van der Waals surface area contributed by atoms with Gasteiger partial charge in [-0.25, -0.2) is 4.79 Å². The van der Waals surface area contributed by atoms with Crippen molar-refractivity contribution in [2.45, 2.75) is 26.3 Å². The average Bonchev–Trinajstić information content (AvgIpc) is 2.36. The monoisotopic (exact) mass is 301 g/mol. The number of aromatic nitrogens is 2. The summed E-state index contributed by atoms with van der Waals surface area (Å²) in [6, 6.07) is 1.70. The molecular weight excluding hydrogens is 281 g/mol. The fourth-order valence-electron chi connectivity index (χ4n) is 1.46. The highest BCUT2D eigenvalue weighted by molar-refractivity contribution is 7.51. The Hall–Kier alpha value is -1.43. The molecule has 0 aliphatic rings. The lowest BCUT2D eigenvalue weighted by Crippen LogP contribution is -2.23. The second-order valence-corrected chi connectivity index (χ2v) is 6.04. The Labute approximate surface area is 117 Å². The predicted molar refractivity (Wildman–Crippen MR) is 77.9 cm³/mol. The average molecular weight is 301 g/mol. The van der Waals surface area contributed by atoms with Crippen molar-refractivity contribution >= 4 is 13.4 Å². The molecule has 0 unspecified atom stereocenters. The van der Waals surface area contributed by atoms with Crippen LogP contribution in [0, 0.1) is 0 Å². The molecule has 0 radical (unpaired) electrons. The number of rotatable bonds is 8. The molecule has 0 aliphatic heterocycles. The molecule has 0 fully saturated rings. The number of anilines is 1. The maximum Gasteiger partial charge on any atom is 0.349 e. The molecule has 1 aromatic rings. The zero-order valence-corrected chi connectivity index (χ0v) is 12.3. The van der Waals surface area contributed by atoms with Gasteiger partial charge >= 0.3 is 13.3 Å². The summed E-state index contributed by atoms with van der Waals surface area (Å²) in [5.41, 5.74) is -0.396. The van der Waals surface area contributed by atoms with Gasteiger partial charge in [-0.05, 0) is 12.5 Å². The molecule has 0 aromatic carbocycles. The smallest absolute Gasteiger partial charge is 0.349 e. The van der Waals surface area contributed by atoms with Crippen LogP contribution in [0.4, 0.5) is 5.82 Å².